The van der Waals surface area contributed by atoms with Gasteiger partial charge in [-0.2, -0.15) is 0 Å². The molecule has 0 fully saturated rings. The fraction of sp³-hybridized carbons (Fsp3) is 0. The summed E-state index contributed by atoms with van der Waals surface area (Å²) in [6.07, 6.45) is 0. The average Bonchev–Trinajstić information content (AvgIpc) is 1.82. The summed E-state index contributed by atoms with van der Waals surface area (Å²) in [6.45, 7) is 0. The molecular weight excluding hydrogens is 230 g/mol. The van der Waals surface area contributed by atoms with Crippen molar-refractivity contribution in [1.29, 1.82) is 0 Å². The monoisotopic (exact) mass is 231 g/mol. The molecule has 1 aromatic carbocycles. The molecule has 0 atom stereocenters. The minimum absolute atomic E-state index is 0. The molecule has 0 aliphatic rings. The van der Waals surface area contributed by atoms with E-state index in [4.69, 9.17) is 0 Å². The van der Waals surface area contributed by atoms with Crippen molar-refractivity contribution in [3.8, 4) is 0 Å². The molecule has 1 rings (SSSR count). The second kappa shape index (κ2) is 4.08. The molecule has 0 aromatic heterocycles. The predicted molar refractivity (Wildman–Crippen MR) is 33.2 cm³/mol. The van der Waals surface area contributed by atoms with Crippen LogP contribution in [0.5, 0.6) is 0 Å². The molecule has 0 heterocycles. The van der Waals surface area contributed by atoms with Crippen LogP contribution in [0.4, 0.5) is 13.2 Å². The molecule has 0 unspecified atom stereocenters. The van der Waals surface area contributed by atoms with Crippen LogP contribution in [0, 0.1) is 17.5 Å². The van der Waals surface area contributed by atoms with Crippen molar-refractivity contribution in [2.75, 3.05) is 0 Å². The quantitative estimate of drug-likeness (QED) is 0.472. The Kier molecular flexibility index (Phi) is 4.05. The van der Waals surface area contributed by atoms with Crippen molar-refractivity contribution in [3.05, 3.63) is 29.6 Å². The number of benzene rings is 1. The molecule has 11 heavy (non-hydrogen) atoms. The standard InChI is InChI=1S/C6H2F3.ClH.Zn/c7-4-2-1-3-5(8)6(4)9;;/h2-3H;1H;. The van der Waals surface area contributed by atoms with Crippen LogP contribution in [0.2, 0.25) is 0 Å². The number of hydrogen-bond acceptors (Lipinski definition) is 0. The molecule has 57 valence electrons. The van der Waals surface area contributed by atoms with E-state index in [0.717, 1.165) is 12.1 Å². The van der Waals surface area contributed by atoms with Gasteiger partial charge < -0.3 is 0 Å². The summed E-state index contributed by atoms with van der Waals surface area (Å²) in [6, 6.07) is 2.00. The van der Waals surface area contributed by atoms with Gasteiger partial charge in [-0.25, -0.2) is 0 Å². The maximum absolute atomic E-state index is 12.2. The second-order valence-corrected chi connectivity index (χ2v) is 3.59. The molecule has 0 N–H and O–H groups in total. The van der Waals surface area contributed by atoms with Gasteiger partial charge in [0, 0.05) is 0 Å². The van der Waals surface area contributed by atoms with Crippen molar-refractivity contribution in [3.63, 3.8) is 0 Å². The first kappa shape index (κ1) is 10.9. The summed E-state index contributed by atoms with van der Waals surface area (Å²) in [5.41, 5.74) is 0. The van der Waals surface area contributed by atoms with E-state index in [1.54, 1.807) is 0 Å². The molecule has 5 heteroatoms. The van der Waals surface area contributed by atoms with Crippen molar-refractivity contribution in [1.82, 2.24) is 0 Å². The van der Waals surface area contributed by atoms with E-state index in [0.29, 0.717) is 22.5 Å². The van der Waals surface area contributed by atoms with E-state index in [-0.39, 0.29) is 12.4 Å². The first-order valence-corrected chi connectivity index (χ1v) is 4.06. The van der Waals surface area contributed by atoms with E-state index in [2.05, 4.69) is 0 Å². The topological polar surface area (TPSA) is 0 Å². The second-order valence-electron chi connectivity index (χ2n) is 1.87. The van der Waals surface area contributed by atoms with E-state index in [1.807, 2.05) is 0 Å². The van der Waals surface area contributed by atoms with Gasteiger partial charge in [0.1, 0.15) is 0 Å². The fourth-order valence-electron chi connectivity index (χ4n) is 0.608. The summed E-state index contributed by atoms with van der Waals surface area (Å²) < 4.78 is 37.2. The van der Waals surface area contributed by atoms with Crippen LogP contribution in [0.1, 0.15) is 0 Å². The summed E-state index contributed by atoms with van der Waals surface area (Å²) in [7, 11) is 0. The molecule has 0 amide bonds. The Morgan fingerprint density at radius 1 is 1.00 bits per heavy atom. The average molecular weight is 233 g/mol. The molecule has 0 saturated carbocycles. The minimum atomic E-state index is -1.39. The zero-order chi connectivity index (χ0) is 7.72. The Morgan fingerprint density at radius 2 is 1.36 bits per heavy atom. The summed E-state index contributed by atoms with van der Waals surface area (Å²) >= 11 is 0.619. The first-order valence-electron chi connectivity index (χ1n) is 2.58. The first-order chi connectivity index (χ1) is 4.61. The van der Waals surface area contributed by atoms with E-state index < -0.39 is 17.5 Å². The van der Waals surface area contributed by atoms with Gasteiger partial charge in [-0.3, -0.25) is 0 Å². The van der Waals surface area contributed by atoms with Gasteiger partial charge in [-0.15, -0.1) is 12.4 Å². The van der Waals surface area contributed by atoms with Gasteiger partial charge >= 0.3 is 65.2 Å². The molecule has 0 spiro atoms. The molecule has 0 saturated heterocycles. The predicted octanol–water partition coefficient (Wildman–Crippen LogP) is 1.70. The third-order valence-electron chi connectivity index (χ3n) is 1.04. The summed E-state index contributed by atoms with van der Waals surface area (Å²) in [5.74, 6) is -3.61. The Morgan fingerprint density at radius 3 is 1.73 bits per heavy atom. The fourth-order valence-corrected chi connectivity index (χ4v) is 1.36. The molecule has 0 aliphatic heterocycles. The molecule has 0 aliphatic carbocycles. The number of halogens is 4. The van der Waals surface area contributed by atoms with E-state index in [9.17, 15) is 13.2 Å². The Bertz CT molecular complexity index is 241. The van der Waals surface area contributed by atoms with Crippen molar-refractivity contribution in [2.45, 2.75) is 0 Å². The number of hydrogen-bond donors (Lipinski definition) is 0. The summed E-state index contributed by atoms with van der Waals surface area (Å²) in [5, 5.41) is 0. The van der Waals surface area contributed by atoms with Crippen LogP contribution < -0.4 is 4.16 Å². The van der Waals surface area contributed by atoms with Crippen molar-refractivity contribution >= 4 is 16.6 Å². The van der Waals surface area contributed by atoms with Gasteiger partial charge in [0.2, 0.25) is 0 Å². The Hall–Kier alpha value is -0.0766. The molecule has 0 bridgehead atoms. The van der Waals surface area contributed by atoms with Crippen LogP contribution in [-0.4, -0.2) is 0 Å². The van der Waals surface area contributed by atoms with Crippen LogP contribution in [-0.2, 0) is 18.3 Å². The van der Waals surface area contributed by atoms with Crippen LogP contribution >= 0.6 is 12.4 Å². The third-order valence-corrected chi connectivity index (χ3v) is 1.90. The normalized spacial score (nSPS) is 9.18. The molecule has 0 radical (unpaired) electrons. The van der Waals surface area contributed by atoms with Crippen molar-refractivity contribution < 1.29 is 31.5 Å². The SMILES string of the molecule is Cl.Fc1c[c]([Zn])cc(F)c1F. The Labute approximate surface area is 77.9 Å². The van der Waals surface area contributed by atoms with E-state index >= 15 is 0 Å². The molecular formula is C6H3ClF3Zn. The van der Waals surface area contributed by atoms with Gasteiger partial charge in [-0.1, -0.05) is 0 Å². The molecule has 0 nitrogen and oxygen atoms in total. The van der Waals surface area contributed by atoms with Gasteiger partial charge in [-0.05, 0) is 0 Å². The van der Waals surface area contributed by atoms with Crippen LogP contribution in [0.3, 0.4) is 0 Å². The van der Waals surface area contributed by atoms with Gasteiger partial charge in [0.05, 0.1) is 0 Å². The van der Waals surface area contributed by atoms with Crippen LogP contribution in [0.15, 0.2) is 12.1 Å². The third kappa shape index (κ3) is 2.46. The zero-order valence-electron chi connectivity index (χ0n) is 5.40. The van der Waals surface area contributed by atoms with E-state index in [1.165, 1.54) is 0 Å². The Balaban J connectivity index is 0.000001000. The maximum atomic E-state index is 12.2. The number of rotatable bonds is 0. The molecule has 1 aromatic rings. The van der Waals surface area contributed by atoms with Crippen molar-refractivity contribution in [2.24, 2.45) is 0 Å². The van der Waals surface area contributed by atoms with Gasteiger partial charge in [0.25, 0.3) is 0 Å². The van der Waals surface area contributed by atoms with Gasteiger partial charge in [0.15, 0.2) is 0 Å². The van der Waals surface area contributed by atoms with Crippen LogP contribution in [0.25, 0.3) is 0 Å². The summed E-state index contributed by atoms with van der Waals surface area (Å²) in [4.78, 5) is 0. The zero-order valence-corrected chi connectivity index (χ0v) is 9.19.